The van der Waals surface area contributed by atoms with Crippen LogP contribution in [0.2, 0.25) is 0 Å². The zero-order valence-corrected chi connectivity index (χ0v) is 13.6. The number of hydrogen-bond acceptors (Lipinski definition) is 5. The van der Waals surface area contributed by atoms with Gasteiger partial charge in [-0.25, -0.2) is 0 Å². The number of nitrogens with zero attached hydrogens (tertiary/aromatic N) is 4. The minimum atomic E-state index is -0.0216. The van der Waals surface area contributed by atoms with Gasteiger partial charge in [0.1, 0.15) is 0 Å². The molecule has 1 N–H and O–H groups in total. The quantitative estimate of drug-likeness (QED) is 0.758. The second-order valence-corrected chi connectivity index (χ2v) is 5.85. The Morgan fingerprint density at radius 1 is 1.22 bits per heavy atom. The molecule has 2 atom stereocenters. The predicted octanol–water partition coefficient (Wildman–Crippen LogP) is 2.98. The van der Waals surface area contributed by atoms with E-state index in [2.05, 4.69) is 27.5 Å². The van der Waals surface area contributed by atoms with Crippen LogP contribution < -0.4 is 5.32 Å². The molecule has 0 saturated heterocycles. The maximum Gasteiger partial charge on any atom is 0.243 e. The van der Waals surface area contributed by atoms with Crippen molar-refractivity contribution in [3.05, 3.63) is 54.2 Å². The van der Waals surface area contributed by atoms with E-state index in [1.54, 1.807) is 0 Å². The van der Waals surface area contributed by atoms with Crippen molar-refractivity contribution >= 4 is 0 Å². The Morgan fingerprint density at radius 2 is 2.00 bits per heavy atom. The third-order valence-electron chi connectivity index (χ3n) is 3.60. The standard InChI is InChI=1S/C17H21N5O/c1-12-9-18-22(10-12)11-13(2)19-14(3)17-20-16(21-23-17)15-7-5-4-6-8-15/h4-10,13-14,19H,11H2,1-3H3/t13-,14+/m0/s1. The van der Waals surface area contributed by atoms with Gasteiger partial charge in [-0.3, -0.25) is 4.68 Å². The van der Waals surface area contributed by atoms with E-state index in [1.807, 2.05) is 61.3 Å². The van der Waals surface area contributed by atoms with Crippen molar-refractivity contribution in [2.24, 2.45) is 0 Å². The van der Waals surface area contributed by atoms with Crippen LogP contribution in [0, 0.1) is 6.92 Å². The molecule has 0 saturated carbocycles. The number of rotatable bonds is 6. The summed E-state index contributed by atoms with van der Waals surface area (Å²) in [5, 5.41) is 11.8. The highest BCUT2D eigenvalue weighted by Crippen LogP contribution is 2.18. The van der Waals surface area contributed by atoms with Crippen LogP contribution in [0.4, 0.5) is 0 Å². The fourth-order valence-corrected chi connectivity index (χ4v) is 2.51. The zero-order valence-electron chi connectivity index (χ0n) is 13.6. The molecule has 6 heteroatoms. The van der Waals surface area contributed by atoms with Gasteiger partial charge in [0.25, 0.3) is 0 Å². The van der Waals surface area contributed by atoms with Crippen LogP contribution in [0.1, 0.15) is 31.3 Å². The SMILES string of the molecule is Cc1cnn(C[C@H](C)N[C@H](C)c2nc(-c3ccccc3)no2)c1. The molecule has 0 bridgehead atoms. The molecule has 3 rings (SSSR count). The predicted molar refractivity (Wildman–Crippen MR) is 87.7 cm³/mol. The van der Waals surface area contributed by atoms with Crippen LogP contribution in [-0.4, -0.2) is 26.0 Å². The maximum absolute atomic E-state index is 5.39. The van der Waals surface area contributed by atoms with Crippen molar-refractivity contribution in [2.75, 3.05) is 0 Å². The molecule has 1 aromatic carbocycles. The van der Waals surface area contributed by atoms with E-state index >= 15 is 0 Å². The zero-order chi connectivity index (χ0) is 16.2. The normalized spacial score (nSPS) is 13.9. The Balaban J connectivity index is 1.62. The first-order valence-electron chi connectivity index (χ1n) is 7.76. The van der Waals surface area contributed by atoms with Gasteiger partial charge < -0.3 is 9.84 Å². The molecule has 2 aromatic heterocycles. The van der Waals surface area contributed by atoms with Crippen molar-refractivity contribution < 1.29 is 4.52 Å². The van der Waals surface area contributed by atoms with Gasteiger partial charge >= 0.3 is 0 Å². The van der Waals surface area contributed by atoms with Gasteiger partial charge in [0, 0.05) is 17.8 Å². The molecule has 0 fully saturated rings. The van der Waals surface area contributed by atoms with E-state index in [1.165, 1.54) is 0 Å². The second kappa shape index (κ2) is 6.75. The Morgan fingerprint density at radius 3 is 2.70 bits per heavy atom. The van der Waals surface area contributed by atoms with E-state index < -0.39 is 0 Å². The molecule has 0 spiro atoms. The summed E-state index contributed by atoms with van der Waals surface area (Å²) in [7, 11) is 0. The summed E-state index contributed by atoms with van der Waals surface area (Å²) in [4.78, 5) is 4.48. The van der Waals surface area contributed by atoms with E-state index in [4.69, 9.17) is 4.52 Å². The highest BCUT2D eigenvalue weighted by molar-refractivity contribution is 5.53. The minimum absolute atomic E-state index is 0.0216. The molecule has 0 radical (unpaired) electrons. The lowest BCUT2D eigenvalue weighted by Crippen LogP contribution is -2.33. The number of aromatic nitrogens is 4. The smallest absolute Gasteiger partial charge is 0.243 e. The van der Waals surface area contributed by atoms with Crippen LogP contribution in [0.3, 0.4) is 0 Å². The number of nitrogens with one attached hydrogen (secondary N) is 1. The average Bonchev–Trinajstić information content (AvgIpc) is 3.17. The molecular weight excluding hydrogens is 290 g/mol. The molecule has 0 aliphatic carbocycles. The van der Waals surface area contributed by atoms with Gasteiger partial charge in [0.05, 0.1) is 18.8 Å². The van der Waals surface area contributed by atoms with E-state index in [0.29, 0.717) is 11.7 Å². The average molecular weight is 311 g/mol. The van der Waals surface area contributed by atoms with Crippen LogP contribution in [-0.2, 0) is 6.54 Å². The van der Waals surface area contributed by atoms with Crippen molar-refractivity contribution in [1.82, 2.24) is 25.2 Å². The Kier molecular flexibility index (Phi) is 4.52. The summed E-state index contributed by atoms with van der Waals surface area (Å²) in [6.45, 7) is 6.96. The van der Waals surface area contributed by atoms with Gasteiger partial charge in [-0.15, -0.1) is 0 Å². The Bertz CT molecular complexity index is 749. The molecule has 23 heavy (non-hydrogen) atoms. The van der Waals surface area contributed by atoms with Crippen LogP contribution >= 0.6 is 0 Å². The van der Waals surface area contributed by atoms with Crippen molar-refractivity contribution in [2.45, 2.75) is 39.4 Å². The largest absolute Gasteiger partial charge is 0.337 e. The summed E-state index contributed by atoms with van der Waals surface area (Å²) in [6.07, 6.45) is 3.89. The lowest BCUT2D eigenvalue weighted by Gasteiger charge is -2.17. The van der Waals surface area contributed by atoms with E-state index in [0.717, 1.165) is 17.7 Å². The minimum Gasteiger partial charge on any atom is -0.337 e. The molecule has 0 unspecified atom stereocenters. The summed E-state index contributed by atoms with van der Waals surface area (Å²) in [6, 6.07) is 10.0. The van der Waals surface area contributed by atoms with Gasteiger partial charge in [-0.1, -0.05) is 35.5 Å². The highest BCUT2D eigenvalue weighted by Gasteiger charge is 2.17. The molecule has 6 nitrogen and oxygen atoms in total. The molecule has 0 aliphatic rings. The molecule has 0 amide bonds. The number of hydrogen-bond donors (Lipinski definition) is 1. The summed E-state index contributed by atoms with van der Waals surface area (Å²) < 4.78 is 7.32. The number of benzene rings is 1. The lowest BCUT2D eigenvalue weighted by molar-refractivity contribution is 0.316. The summed E-state index contributed by atoms with van der Waals surface area (Å²) >= 11 is 0. The van der Waals surface area contributed by atoms with Crippen LogP contribution in [0.25, 0.3) is 11.4 Å². The maximum atomic E-state index is 5.39. The van der Waals surface area contributed by atoms with E-state index in [-0.39, 0.29) is 12.1 Å². The monoisotopic (exact) mass is 311 g/mol. The van der Waals surface area contributed by atoms with Gasteiger partial charge in [0.2, 0.25) is 11.7 Å². The fourth-order valence-electron chi connectivity index (χ4n) is 2.51. The van der Waals surface area contributed by atoms with E-state index in [9.17, 15) is 0 Å². The van der Waals surface area contributed by atoms with Gasteiger partial charge in [-0.05, 0) is 26.3 Å². The van der Waals surface area contributed by atoms with Crippen LogP contribution in [0.5, 0.6) is 0 Å². The van der Waals surface area contributed by atoms with Gasteiger partial charge in [-0.2, -0.15) is 10.1 Å². The first-order valence-corrected chi connectivity index (χ1v) is 7.76. The summed E-state index contributed by atoms with van der Waals surface area (Å²) in [5.74, 6) is 1.21. The van der Waals surface area contributed by atoms with Crippen molar-refractivity contribution in [3.63, 3.8) is 0 Å². The fraction of sp³-hybridized carbons (Fsp3) is 0.353. The molecule has 3 aromatic rings. The lowest BCUT2D eigenvalue weighted by atomic mass is 10.2. The number of aryl methyl sites for hydroxylation is 1. The highest BCUT2D eigenvalue weighted by atomic mass is 16.5. The van der Waals surface area contributed by atoms with Crippen molar-refractivity contribution in [1.29, 1.82) is 0 Å². The topological polar surface area (TPSA) is 68.8 Å². The molecule has 120 valence electrons. The second-order valence-electron chi connectivity index (χ2n) is 5.85. The third-order valence-corrected chi connectivity index (χ3v) is 3.60. The van der Waals surface area contributed by atoms with Crippen molar-refractivity contribution in [3.8, 4) is 11.4 Å². The first-order chi connectivity index (χ1) is 11.1. The molecule has 2 heterocycles. The summed E-state index contributed by atoms with van der Waals surface area (Å²) in [5.41, 5.74) is 2.12. The Labute approximate surface area is 135 Å². The Hall–Kier alpha value is -2.47. The molecule has 0 aliphatic heterocycles. The van der Waals surface area contributed by atoms with Crippen LogP contribution in [0.15, 0.2) is 47.2 Å². The van der Waals surface area contributed by atoms with Gasteiger partial charge in [0.15, 0.2) is 0 Å². The first kappa shape index (κ1) is 15.4. The third kappa shape index (κ3) is 3.84. The molecular formula is C17H21N5O.